The van der Waals surface area contributed by atoms with E-state index in [1.807, 2.05) is 60.1 Å². The first-order valence-electron chi connectivity index (χ1n) is 13.4. The molecule has 1 saturated carbocycles. The molecule has 0 unspecified atom stereocenters. The van der Waals surface area contributed by atoms with Crippen LogP contribution in [0.2, 0.25) is 5.02 Å². The van der Waals surface area contributed by atoms with Gasteiger partial charge in [0.2, 0.25) is 0 Å². The third-order valence-corrected chi connectivity index (χ3v) is 7.92. The Labute approximate surface area is 231 Å². The summed E-state index contributed by atoms with van der Waals surface area (Å²) in [6.45, 7) is 5.10. The van der Waals surface area contributed by atoms with Gasteiger partial charge in [0.1, 0.15) is 11.8 Å². The summed E-state index contributed by atoms with van der Waals surface area (Å²) in [6.07, 6.45) is 6.00. The van der Waals surface area contributed by atoms with Gasteiger partial charge in [-0.1, -0.05) is 42.6 Å². The Morgan fingerprint density at radius 3 is 2.64 bits per heavy atom. The van der Waals surface area contributed by atoms with Crippen LogP contribution in [0.15, 0.2) is 70.1 Å². The maximum Gasteiger partial charge on any atom is 0.253 e. The molecule has 5 aromatic rings. The first kappa shape index (κ1) is 25.5. The molecule has 9 heteroatoms. The normalized spacial score (nSPS) is 15.0. The molecule has 39 heavy (non-hydrogen) atoms. The monoisotopic (exact) mass is 542 g/mol. The first-order valence-corrected chi connectivity index (χ1v) is 13.8. The fourth-order valence-electron chi connectivity index (χ4n) is 5.85. The zero-order valence-corrected chi connectivity index (χ0v) is 22.9. The number of aryl methyl sites for hydroxylation is 2. The van der Waals surface area contributed by atoms with Crippen LogP contribution in [0.5, 0.6) is 0 Å². The molecule has 0 bridgehead atoms. The highest BCUT2D eigenvalue weighted by atomic mass is 35.5. The summed E-state index contributed by atoms with van der Waals surface area (Å²) in [5.74, 6) is 1.45. The average molecular weight is 543 g/mol. The van der Waals surface area contributed by atoms with Crippen LogP contribution < -0.4 is 5.56 Å². The Morgan fingerprint density at radius 1 is 1.10 bits per heavy atom. The average Bonchev–Trinajstić information content (AvgIpc) is 3.69. The van der Waals surface area contributed by atoms with Crippen LogP contribution in [0.1, 0.15) is 71.6 Å². The summed E-state index contributed by atoms with van der Waals surface area (Å²) >= 11 is 6.19. The Bertz CT molecular complexity index is 1630. The summed E-state index contributed by atoms with van der Waals surface area (Å²) < 4.78 is 7.72. The van der Waals surface area contributed by atoms with Crippen molar-refractivity contribution in [3.63, 3.8) is 0 Å². The van der Waals surface area contributed by atoms with Crippen LogP contribution in [0, 0.1) is 13.8 Å². The maximum atomic E-state index is 13.8. The molecule has 1 aliphatic carbocycles. The number of aromatic amines is 1. The Hall–Kier alpha value is -3.75. The lowest BCUT2D eigenvalue weighted by Crippen LogP contribution is -2.35. The van der Waals surface area contributed by atoms with Crippen LogP contribution >= 0.6 is 11.6 Å². The number of hydrogen-bond acceptors (Lipinski definition) is 6. The molecule has 1 fully saturated rings. The lowest BCUT2D eigenvalue weighted by Gasteiger charge is -2.31. The summed E-state index contributed by atoms with van der Waals surface area (Å²) in [5, 5.41) is 14.8. The number of rotatable bonds is 8. The minimum atomic E-state index is -0.518. The van der Waals surface area contributed by atoms with E-state index in [4.69, 9.17) is 16.0 Å². The van der Waals surface area contributed by atoms with Crippen molar-refractivity contribution in [3.05, 3.63) is 110 Å². The Morgan fingerprint density at radius 2 is 1.90 bits per heavy atom. The van der Waals surface area contributed by atoms with Crippen molar-refractivity contribution in [1.29, 1.82) is 0 Å². The number of nitrogens with zero attached hydrogens (tertiary/aromatic N) is 5. The van der Waals surface area contributed by atoms with Crippen LogP contribution in [-0.4, -0.2) is 30.1 Å². The van der Waals surface area contributed by atoms with Crippen LogP contribution in [-0.2, 0) is 13.1 Å². The van der Waals surface area contributed by atoms with E-state index in [-0.39, 0.29) is 11.6 Å². The number of fused-ring (bicyclic) bond motifs is 1. The standard InChI is InChI=1S/C30H31ClN6O2/c1-19-14-20(2)25-16-26(30(38)32-27(25)15-19)28(29-33-34-35-37(29)23-6-3-4-7-23)36(18-24-8-5-13-39-24)17-21-9-11-22(31)12-10-21/h5,8-16,23,28H,3-4,6-7,17-18H2,1-2H3,(H,32,38)/t28-/m1/s1. The Balaban J connectivity index is 1.54. The molecule has 1 aliphatic rings. The number of H-pyrrole nitrogens is 1. The van der Waals surface area contributed by atoms with Gasteiger partial charge in [0.05, 0.1) is 18.8 Å². The molecule has 3 aromatic heterocycles. The van der Waals surface area contributed by atoms with Gasteiger partial charge in [-0.2, -0.15) is 0 Å². The number of tetrazole rings is 1. The van der Waals surface area contributed by atoms with Crippen molar-refractivity contribution < 1.29 is 4.42 Å². The maximum absolute atomic E-state index is 13.8. The van der Waals surface area contributed by atoms with Crippen molar-refractivity contribution in [2.75, 3.05) is 0 Å². The molecular formula is C30H31ClN6O2. The van der Waals surface area contributed by atoms with Crippen LogP contribution in [0.4, 0.5) is 0 Å². The number of pyridine rings is 1. The number of nitrogens with one attached hydrogen (secondary N) is 1. The first-order chi connectivity index (χ1) is 19.0. The van der Waals surface area contributed by atoms with Gasteiger partial charge in [-0.3, -0.25) is 9.69 Å². The van der Waals surface area contributed by atoms with Gasteiger partial charge in [-0.05, 0) is 90.2 Å². The van der Waals surface area contributed by atoms with E-state index in [1.165, 1.54) is 0 Å². The lowest BCUT2D eigenvalue weighted by atomic mass is 9.99. The second-order valence-corrected chi connectivity index (χ2v) is 11.0. The second-order valence-electron chi connectivity index (χ2n) is 10.5. The molecule has 3 heterocycles. The highest BCUT2D eigenvalue weighted by Crippen LogP contribution is 2.35. The van der Waals surface area contributed by atoms with Gasteiger partial charge in [0.25, 0.3) is 5.56 Å². The predicted molar refractivity (Wildman–Crippen MR) is 151 cm³/mol. The molecule has 8 nitrogen and oxygen atoms in total. The van der Waals surface area contributed by atoms with Gasteiger partial charge < -0.3 is 9.40 Å². The van der Waals surface area contributed by atoms with E-state index in [9.17, 15) is 4.79 Å². The molecule has 2 aromatic carbocycles. The quantitative estimate of drug-likeness (QED) is 0.248. The van der Waals surface area contributed by atoms with E-state index < -0.39 is 6.04 Å². The number of furan rings is 1. The zero-order valence-electron chi connectivity index (χ0n) is 22.1. The van der Waals surface area contributed by atoms with Crippen molar-refractivity contribution >= 4 is 22.5 Å². The minimum absolute atomic E-state index is 0.154. The molecule has 1 N–H and O–H groups in total. The van der Waals surface area contributed by atoms with Gasteiger partial charge in [-0.25, -0.2) is 4.68 Å². The van der Waals surface area contributed by atoms with Gasteiger partial charge in [0, 0.05) is 28.0 Å². The van der Waals surface area contributed by atoms with Crippen LogP contribution in [0.25, 0.3) is 10.9 Å². The topological polar surface area (TPSA) is 92.8 Å². The van der Waals surface area contributed by atoms with E-state index in [0.29, 0.717) is 29.5 Å². The molecule has 0 amide bonds. The predicted octanol–water partition coefficient (Wildman–Crippen LogP) is 6.28. The van der Waals surface area contributed by atoms with Crippen LogP contribution in [0.3, 0.4) is 0 Å². The molecule has 0 radical (unpaired) electrons. The van der Waals surface area contributed by atoms with E-state index in [2.05, 4.69) is 38.4 Å². The molecule has 6 rings (SSSR count). The summed E-state index contributed by atoms with van der Waals surface area (Å²) in [5.41, 5.74) is 4.54. The van der Waals surface area contributed by atoms with Gasteiger partial charge in [0.15, 0.2) is 5.82 Å². The summed E-state index contributed by atoms with van der Waals surface area (Å²) in [6, 6.07) is 17.5. The smallest absolute Gasteiger partial charge is 0.253 e. The zero-order chi connectivity index (χ0) is 26.9. The minimum Gasteiger partial charge on any atom is -0.468 e. The highest BCUT2D eigenvalue weighted by Gasteiger charge is 2.34. The number of halogens is 1. The lowest BCUT2D eigenvalue weighted by molar-refractivity contribution is 0.176. The third kappa shape index (κ3) is 5.27. The number of aromatic nitrogens is 5. The van der Waals surface area contributed by atoms with Gasteiger partial charge >= 0.3 is 0 Å². The second kappa shape index (κ2) is 10.8. The van der Waals surface area contributed by atoms with Crippen molar-refractivity contribution in [2.24, 2.45) is 0 Å². The van der Waals surface area contributed by atoms with Crippen molar-refractivity contribution in [2.45, 2.75) is 64.7 Å². The van der Waals surface area contributed by atoms with E-state index in [1.54, 1.807) is 6.26 Å². The van der Waals surface area contributed by atoms with Crippen molar-refractivity contribution in [1.82, 2.24) is 30.1 Å². The molecule has 1 atom stereocenters. The fraction of sp³-hybridized carbons (Fsp3) is 0.333. The van der Waals surface area contributed by atoms with Crippen molar-refractivity contribution in [3.8, 4) is 0 Å². The largest absolute Gasteiger partial charge is 0.468 e. The summed E-state index contributed by atoms with van der Waals surface area (Å²) in [7, 11) is 0. The highest BCUT2D eigenvalue weighted by molar-refractivity contribution is 6.30. The summed E-state index contributed by atoms with van der Waals surface area (Å²) in [4.78, 5) is 19.2. The molecular weight excluding hydrogens is 512 g/mol. The Kier molecular flexibility index (Phi) is 7.06. The molecule has 200 valence electrons. The van der Waals surface area contributed by atoms with E-state index in [0.717, 1.165) is 59.0 Å². The molecule has 0 saturated heterocycles. The molecule has 0 aliphatic heterocycles. The SMILES string of the molecule is Cc1cc(C)c2cc([C@H](c3nnnn3C3CCCC3)N(Cc3ccc(Cl)cc3)Cc3ccco3)c(=O)[nH]c2c1. The van der Waals surface area contributed by atoms with E-state index >= 15 is 0 Å². The fourth-order valence-corrected chi connectivity index (χ4v) is 5.97. The number of hydrogen-bond donors (Lipinski definition) is 1. The molecule has 0 spiro atoms. The van der Waals surface area contributed by atoms with Gasteiger partial charge in [-0.15, -0.1) is 5.10 Å². The third-order valence-electron chi connectivity index (χ3n) is 7.67. The number of benzene rings is 2.